The summed E-state index contributed by atoms with van der Waals surface area (Å²) in [6.07, 6.45) is -0.137. The quantitative estimate of drug-likeness (QED) is 0.172. The second kappa shape index (κ2) is 23.0. The van der Waals surface area contributed by atoms with E-state index in [-0.39, 0.29) is 19.4 Å². The summed E-state index contributed by atoms with van der Waals surface area (Å²) in [5.41, 5.74) is 1.42. The summed E-state index contributed by atoms with van der Waals surface area (Å²) in [7, 11) is 0. The molecule has 4 rings (SSSR count). The molecule has 344 valence electrons. The molecule has 2 aromatic carbocycles. The van der Waals surface area contributed by atoms with Crippen molar-refractivity contribution in [1.29, 1.82) is 0 Å². The van der Waals surface area contributed by atoms with E-state index in [1.54, 1.807) is 103 Å². The first-order valence-corrected chi connectivity index (χ1v) is 22.2. The number of hydrogen-bond donors (Lipinski definition) is 6. The molecule has 16 nitrogen and oxygen atoms in total. The summed E-state index contributed by atoms with van der Waals surface area (Å²) in [4.78, 5) is 114. The summed E-state index contributed by atoms with van der Waals surface area (Å²) in [5, 5.41) is 16.7. The Kier molecular flexibility index (Phi) is 18.2. The molecule has 2 heterocycles. The molecule has 0 radical (unpaired) electrons. The van der Waals surface area contributed by atoms with Crippen molar-refractivity contribution in [3.63, 3.8) is 0 Å². The van der Waals surface area contributed by atoms with Gasteiger partial charge in [-0.15, -0.1) is 0 Å². The molecule has 0 spiro atoms. The van der Waals surface area contributed by atoms with Crippen molar-refractivity contribution in [2.45, 2.75) is 143 Å². The van der Waals surface area contributed by atoms with E-state index in [1.807, 2.05) is 13.0 Å². The zero-order chi connectivity index (χ0) is 46.5. The van der Waals surface area contributed by atoms with E-state index in [0.717, 1.165) is 5.56 Å². The van der Waals surface area contributed by atoms with Gasteiger partial charge in [0.05, 0.1) is 6.42 Å². The van der Waals surface area contributed by atoms with E-state index in [0.29, 0.717) is 24.8 Å². The van der Waals surface area contributed by atoms with Crippen LogP contribution in [-0.4, -0.2) is 107 Å². The molecule has 2 unspecified atom stereocenters. The van der Waals surface area contributed by atoms with E-state index in [1.165, 1.54) is 11.8 Å². The summed E-state index contributed by atoms with van der Waals surface area (Å²) in [6.45, 7) is 15.6. The van der Waals surface area contributed by atoms with E-state index >= 15 is 0 Å². The van der Waals surface area contributed by atoms with Gasteiger partial charge in [0, 0.05) is 13.0 Å². The Hall–Kier alpha value is -5.80. The van der Waals surface area contributed by atoms with Crippen molar-refractivity contribution in [3.8, 4) is 0 Å². The van der Waals surface area contributed by atoms with Gasteiger partial charge in [0.1, 0.15) is 48.4 Å². The molecule has 2 aliphatic rings. The third kappa shape index (κ3) is 13.6. The zero-order valence-corrected chi connectivity index (χ0v) is 38.1. The number of nitrogens with one attached hydrogen (secondary N) is 6. The molecular formula is C47H67N7O9. The fraction of sp³-hybridized carbons (Fsp3) is 0.574. The molecule has 7 amide bonds. The van der Waals surface area contributed by atoms with Crippen molar-refractivity contribution < 1.29 is 43.1 Å². The van der Waals surface area contributed by atoms with E-state index in [2.05, 4.69) is 31.9 Å². The predicted molar refractivity (Wildman–Crippen MR) is 236 cm³/mol. The number of amides is 7. The maximum atomic E-state index is 14.7. The maximum absolute atomic E-state index is 14.7. The third-order valence-corrected chi connectivity index (χ3v) is 11.8. The summed E-state index contributed by atoms with van der Waals surface area (Å²) in [5.74, 6) is -7.14. The maximum Gasteiger partial charge on any atom is 0.329 e. The molecule has 6 N–H and O–H groups in total. The highest BCUT2D eigenvalue weighted by atomic mass is 16.5. The topological polar surface area (TPSA) is 221 Å². The van der Waals surface area contributed by atoms with Gasteiger partial charge in [-0.25, -0.2) is 4.79 Å². The van der Waals surface area contributed by atoms with Crippen LogP contribution in [0.25, 0.3) is 0 Å². The van der Waals surface area contributed by atoms with Crippen LogP contribution >= 0.6 is 0 Å². The summed E-state index contributed by atoms with van der Waals surface area (Å²) >= 11 is 0. The van der Waals surface area contributed by atoms with Gasteiger partial charge in [-0.1, -0.05) is 122 Å². The largest absolute Gasteiger partial charge is 0.458 e. The Labute approximate surface area is 371 Å². The smallest absolute Gasteiger partial charge is 0.329 e. The minimum atomic E-state index is -1.61. The Balaban J connectivity index is 1.79. The van der Waals surface area contributed by atoms with Gasteiger partial charge in [-0.3, -0.25) is 33.6 Å². The molecule has 2 aliphatic heterocycles. The fourth-order valence-corrected chi connectivity index (χ4v) is 7.79. The highest BCUT2D eigenvalue weighted by Crippen LogP contribution is 2.22. The van der Waals surface area contributed by atoms with Crippen molar-refractivity contribution in [1.82, 2.24) is 36.8 Å². The van der Waals surface area contributed by atoms with E-state index in [4.69, 9.17) is 4.74 Å². The van der Waals surface area contributed by atoms with Crippen LogP contribution in [0, 0.1) is 23.7 Å². The lowest BCUT2D eigenvalue weighted by Gasteiger charge is -2.32. The molecule has 2 saturated heterocycles. The van der Waals surface area contributed by atoms with Crippen LogP contribution in [0.4, 0.5) is 0 Å². The molecule has 63 heavy (non-hydrogen) atoms. The summed E-state index contributed by atoms with van der Waals surface area (Å²) < 4.78 is 5.92. The van der Waals surface area contributed by atoms with Crippen molar-refractivity contribution in [2.75, 3.05) is 6.54 Å². The minimum Gasteiger partial charge on any atom is -0.458 e. The second-order valence-electron chi connectivity index (χ2n) is 17.9. The SMILES string of the molecule is CC[C@H](C)[C@@H]1NC(=O)[C@H](C(C)C)NC(=O)[C@@H]2CCCN2C(=O)[C@H](Cc2ccccc2)NC(=O)C(NC(=O)[C@@H](NC(=O)Cc2ccccc2)C(C)C)[C@@H](C)OC(=O)C(C(C)C)NC1=O. The molecular weight excluding hydrogens is 807 g/mol. The Bertz CT molecular complexity index is 1930. The molecule has 0 saturated carbocycles. The molecule has 2 aromatic rings. The number of hydrogen-bond acceptors (Lipinski definition) is 9. The first-order chi connectivity index (χ1) is 29.8. The average molecular weight is 874 g/mol. The Morgan fingerprint density at radius 1 is 0.730 bits per heavy atom. The predicted octanol–water partition coefficient (Wildman–Crippen LogP) is 2.33. The number of fused-ring (bicyclic) bond motifs is 1. The van der Waals surface area contributed by atoms with Crippen LogP contribution in [0.3, 0.4) is 0 Å². The minimum absolute atomic E-state index is 0.00390. The van der Waals surface area contributed by atoms with Crippen LogP contribution in [0.2, 0.25) is 0 Å². The lowest BCUT2D eigenvalue weighted by molar-refractivity contribution is -0.157. The van der Waals surface area contributed by atoms with Crippen LogP contribution in [0.5, 0.6) is 0 Å². The number of nitrogens with zero attached hydrogens (tertiary/aromatic N) is 1. The molecule has 0 aliphatic carbocycles. The number of cyclic esters (lactones) is 1. The number of esters is 1. The number of benzene rings is 2. The van der Waals surface area contributed by atoms with Crippen molar-refractivity contribution >= 4 is 47.3 Å². The van der Waals surface area contributed by atoms with Crippen LogP contribution in [0.1, 0.15) is 92.7 Å². The molecule has 0 bridgehead atoms. The fourth-order valence-electron chi connectivity index (χ4n) is 7.79. The van der Waals surface area contributed by atoms with Gasteiger partial charge in [0.25, 0.3) is 0 Å². The molecule has 16 heteroatoms. The first kappa shape index (κ1) is 49.9. The molecule has 2 fully saturated rings. The van der Waals surface area contributed by atoms with Gasteiger partial charge >= 0.3 is 5.97 Å². The number of carbonyl (C=O) groups excluding carboxylic acids is 8. The van der Waals surface area contributed by atoms with Crippen LogP contribution in [-0.2, 0) is 55.9 Å². The Morgan fingerprint density at radius 2 is 1.29 bits per heavy atom. The average Bonchev–Trinajstić information content (AvgIpc) is 3.74. The third-order valence-electron chi connectivity index (χ3n) is 11.8. The highest BCUT2D eigenvalue weighted by Gasteiger charge is 2.43. The van der Waals surface area contributed by atoms with Gasteiger partial charge in [-0.2, -0.15) is 0 Å². The van der Waals surface area contributed by atoms with E-state index in [9.17, 15) is 38.4 Å². The normalized spacial score (nSPS) is 25.3. The standard InChI is InChI=1S/C47H67N7O9/c1-10-29(8)39-44(59)51-38(28(6)7)47(62)63-30(9)40(53-42(57)36(26(2)3)49-35(55)25-32-20-15-12-16-21-32)45(60)48-33(24-31-18-13-11-14-19-31)46(61)54-23-17-22-34(54)41(56)50-37(27(4)5)43(58)52-39/h11-16,18-21,26-30,33-34,36-40H,10,17,22-25H2,1-9H3,(H,48,60)(H,49,55)(H,50,56)(H,51,59)(H,52,58)(H,53,57)/t29-,30+,33-,34-,36-,37-,38?,39-,40?/m0/s1. The highest BCUT2D eigenvalue weighted by molar-refractivity contribution is 5.98. The number of ether oxygens (including phenoxy) is 1. The zero-order valence-electron chi connectivity index (χ0n) is 38.1. The van der Waals surface area contributed by atoms with Crippen molar-refractivity contribution in [3.05, 3.63) is 71.8 Å². The molecule has 0 aromatic heterocycles. The Morgan fingerprint density at radius 3 is 1.86 bits per heavy atom. The second-order valence-corrected chi connectivity index (χ2v) is 17.9. The molecule has 9 atom stereocenters. The van der Waals surface area contributed by atoms with Crippen LogP contribution < -0.4 is 31.9 Å². The first-order valence-electron chi connectivity index (χ1n) is 22.2. The lowest BCUT2D eigenvalue weighted by atomic mass is 9.95. The van der Waals surface area contributed by atoms with Crippen LogP contribution in [0.15, 0.2) is 60.7 Å². The lowest BCUT2D eigenvalue weighted by Crippen LogP contribution is -2.62. The number of carbonyl (C=O) groups is 8. The van der Waals surface area contributed by atoms with Gasteiger partial charge in [0.15, 0.2) is 0 Å². The van der Waals surface area contributed by atoms with Gasteiger partial charge in [0.2, 0.25) is 41.4 Å². The number of rotatable bonds is 12. The summed E-state index contributed by atoms with van der Waals surface area (Å²) in [6, 6.07) is 9.52. The monoisotopic (exact) mass is 874 g/mol. The van der Waals surface area contributed by atoms with Gasteiger partial charge < -0.3 is 41.5 Å². The van der Waals surface area contributed by atoms with Crippen molar-refractivity contribution in [2.24, 2.45) is 23.7 Å². The van der Waals surface area contributed by atoms with Gasteiger partial charge in [-0.05, 0) is 54.6 Å². The van der Waals surface area contributed by atoms with E-state index < -0.39 is 119 Å².